The normalized spacial score (nSPS) is 18.4. The predicted molar refractivity (Wildman–Crippen MR) is 119 cm³/mol. The van der Waals surface area contributed by atoms with Gasteiger partial charge in [-0.3, -0.25) is 9.78 Å². The number of hydrogen-bond acceptors (Lipinski definition) is 4. The lowest BCUT2D eigenvalue weighted by Gasteiger charge is -2.36. The van der Waals surface area contributed by atoms with E-state index in [9.17, 15) is 4.79 Å². The van der Waals surface area contributed by atoms with Gasteiger partial charge >= 0.3 is 0 Å². The standard InChI is InChI=1S/C23H27NO2SSi/c1-14(25)20-16-10-9-15(26-28(5,6)23(2,3)4)12-17(16)18-13-27-19-8-7-11-24-22(19)21(18)20/h7-12,21H,13H2,1-6H3. The minimum Gasteiger partial charge on any atom is -0.543 e. The van der Waals surface area contributed by atoms with Crippen LogP contribution in [0.4, 0.5) is 0 Å². The number of aromatic nitrogens is 1. The number of ketones is 1. The minimum atomic E-state index is -1.92. The van der Waals surface area contributed by atoms with Crippen molar-refractivity contribution < 1.29 is 9.22 Å². The number of carbonyl (C=O) groups excluding carboxylic acids is 1. The first-order valence-corrected chi connectivity index (χ1v) is 13.6. The van der Waals surface area contributed by atoms with Crippen LogP contribution < -0.4 is 14.9 Å². The van der Waals surface area contributed by atoms with Gasteiger partial charge in [0.05, 0.1) is 11.6 Å². The van der Waals surface area contributed by atoms with Gasteiger partial charge in [0, 0.05) is 22.4 Å². The molecule has 0 N–H and O–H groups in total. The molecule has 5 heteroatoms. The first-order valence-electron chi connectivity index (χ1n) is 9.75. The molecule has 2 aliphatic rings. The van der Waals surface area contributed by atoms with E-state index in [0.29, 0.717) is 0 Å². The monoisotopic (exact) mass is 409 g/mol. The summed E-state index contributed by atoms with van der Waals surface area (Å²) in [4.78, 5) is 18.4. The van der Waals surface area contributed by atoms with E-state index in [2.05, 4.69) is 57.0 Å². The Morgan fingerprint density at radius 2 is 1.96 bits per heavy atom. The molecular weight excluding hydrogens is 382 g/mol. The van der Waals surface area contributed by atoms with Crippen molar-refractivity contribution in [3.8, 4) is 5.75 Å². The Morgan fingerprint density at radius 1 is 1.21 bits per heavy atom. The molecule has 2 aromatic rings. The summed E-state index contributed by atoms with van der Waals surface area (Å²) < 4.78 is 6.55. The molecule has 0 bridgehead atoms. The van der Waals surface area contributed by atoms with Gasteiger partial charge in [-0.1, -0.05) is 26.8 Å². The van der Waals surface area contributed by atoms with Crippen LogP contribution in [-0.4, -0.2) is 24.8 Å². The number of thioether (sulfide) groups is 1. The van der Waals surface area contributed by atoms with E-state index in [0.717, 1.165) is 33.2 Å². The topological polar surface area (TPSA) is 39.2 Å². The zero-order valence-corrected chi connectivity index (χ0v) is 19.2. The second-order valence-electron chi connectivity index (χ2n) is 9.17. The van der Waals surface area contributed by atoms with Crippen LogP contribution in [0, 0.1) is 0 Å². The van der Waals surface area contributed by atoms with Crippen molar-refractivity contribution in [2.45, 2.75) is 56.6 Å². The zero-order valence-electron chi connectivity index (χ0n) is 17.4. The maximum atomic E-state index is 12.6. The number of nitrogens with zero attached hydrogens (tertiary/aromatic N) is 1. The highest BCUT2D eigenvalue weighted by molar-refractivity contribution is 7.99. The number of Topliss-reactive ketones (excluding diaryl/α,β-unsaturated/α-hetero) is 1. The van der Waals surface area contributed by atoms with Crippen LogP contribution in [0.3, 0.4) is 0 Å². The number of hydrogen-bond donors (Lipinski definition) is 0. The number of pyridine rings is 1. The van der Waals surface area contributed by atoms with Crippen molar-refractivity contribution in [2.24, 2.45) is 0 Å². The van der Waals surface area contributed by atoms with E-state index in [4.69, 9.17) is 4.43 Å². The van der Waals surface area contributed by atoms with Gasteiger partial charge in [0.15, 0.2) is 5.78 Å². The first-order chi connectivity index (χ1) is 13.1. The molecule has 0 amide bonds. The number of benzene rings is 1. The number of fused-ring (bicyclic) bond motifs is 4. The highest BCUT2D eigenvalue weighted by Crippen LogP contribution is 2.45. The molecule has 28 heavy (non-hydrogen) atoms. The third-order valence-electron chi connectivity index (χ3n) is 6.28. The third kappa shape index (κ3) is 3.05. The molecule has 0 fully saturated rings. The molecule has 1 atom stereocenters. The molecule has 1 unspecified atom stereocenters. The van der Waals surface area contributed by atoms with E-state index in [1.807, 2.05) is 30.1 Å². The number of carbonyl (C=O) groups is 1. The molecule has 0 radical (unpaired) electrons. The van der Waals surface area contributed by atoms with Crippen LogP contribution in [0.5, 0.6) is 5.75 Å². The summed E-state index contributed by atoms with van der Waals surface area (Å²) in [6.45, 7) is 12.9. The summed E-state index contributed by atoms with van der Waals surface area (Å²) in [5.41, 5.74) is 3.18. The molecular formula is C23H27NO2SSi. The van der Waals surface area contributed by atoms with Crippen molar-refractivity contribution in [1.82, 2.24) is 4.98 Å². The summed E-state index contributed by atoms with van der Waals surface area (Å²) in [6, 6.07) is 10.3. The maximum absolute atomic E-state index is 12.6. The third-order valence-corrected chi connectivity index (χ3v) is 11.7. The lowest BCUT2D eigenvalue weighted by Crippen LogP contribution is -2.44. The van der Waals surface area contributed by atoms with Crippen LogP contribution in [0.1, 0.15) is 39.3 Å². The van der Waals surface area contributed by atoms with Crippen molar-refractivity contribution in [1.29, 1.82) is 0 Å². The van der Waals surface area contributed by atoms with E-state index in [1.54, 1.807) is 6.92 Å². The van der Waals surface area contributed by atoms with Crippen molar-refractivity contribution in [3.05, 3.63) is 52.7 Å². The Kier molecular flexibility index (Phi) is 4.59. The molecule has 3 nitrogen and oxygen atoms in total. The van der Waals surface area contributed by atoms with Crippen LogP contribution >= 0.6 is 11.8 Å². The first kappa shape index (κ1) is 19.5. The van der Waals surface area contributed by atoms with Crippen molar-refractivity contribution >= 4 is 37.0 Å². The molecule has 0 saturated carbocycles. The molecule has 2 heterocycles. The average Bonchev–Trinajstić information content (AvgIpc) is 2.95. The Hall–Kier alpha value is -1.85. The fraction of sp³-hybridized carbons (Fsp3) is 0.391. The highest BCUT2D eigenvalue weighted by Gasteiger charge is 2.40. The summed E-state index contributed by atoms with van der Waals surface area (Å²) in [5, 5.41) is 2.35. The van der Waals surface area contributed by atoms with E-state index >= 15 is 0 Å². The molecule has 1 aliphatic carbocycles. The number of rotatable bonds is 3. The van der Waals surface area contributed by atoms with Gasteiger partial charge in [-0.2, -0.15) is 0 Å². The van der Waals surface area contributed by atoms with Gasteiger partial charge in [-0.05, 0) is 65.3 Å². The zero-order chi connectivity index (χ0) is 20.3. The van der Waals surface area contributed by atoms with Gasteiger partial charge < -0.3 is 4.43 Å². The molecule has 4 rings (SSSR count). The van der Waals surface area contributed by atoms with E-state index in [-0.39, 0.29) is 16.7 Å². The smallest absolute Gasteiger partial charge is 0.250 e. The maximum Gasteiger partial charge on any atom is 0.250 e. The van der Waals surface area contributed by atoms with Gasteiger partial charge in [0.1, 0.15) is 5.75 Å². The minimum absolute atomic E-state index is 0.0203. The van der Waals surface area contributed by atoms with Gasteiger partial charge in [-0.15, -0.1) is 11.8 Å². The van der Waals surface area contributed by atoms with Crippen LogP contribution in [-0.2, 0) is 4.79 Å². The fourth-order valence-electron chi connectivity index (χ4n) is 3.77. The van der Waals surface area contributed by atoms with Gasteiger partial charge in [0.25, 0.3) is 0 Å². The summed E-state index contributed by atoms with van der Waals surface area (Å²) >= 11 is 1.81. The molecule has 0 spiro atoms. The SMILES string of the molecule is CC(=O)C1=c2ccc(O[Si](C)(C)C(C)(C)C)cc2=C2CSc3cccnc3C21. The highest BCUT2D eigenvalue weighted by atomic mass is 32.2. The van der Waals surface area contributed by atoms with Crippen LogP contribution in [0.25, 0.3) is 11.1 Å². The average molecular weight is 410 g/mol. The lowest BCUT2D eigenvalue weighted by atomic mass is 9.89. The summed E-state index contributed by atoms with van der Waals surface area (Å²) in [6.07, 6.45) is 1.83. The van der Waals surface area contributed by atoms with Crippen molar-refractivity contribution in [3.63, 3.8) is 0 Å². The Morgan fingerprint density at radius 3 is 2.64 bits per heavy atom. The molecule has 1 aliphatic heterocycles. The second-order valence-corrected chi connectivity index (χ2v) is 14.9. The van der Waals surface area contributed by atoms with Crippen LogP contribution in [0.2, 0.25) is 18.1 Å². The largest absolute Gasteiger partial charge is 0.543 e. The molecule has 1 aromatic heterocycles. The predicted octanol–water partition coefficient (Wildman–Crippen LogP) is 4.26. The second kappa shape index (κ2) is 6.60. The van der Waals surface area contributed by atoms with Crippen molar-refractivity contribution in [2.75, 3.05) is 5.75 Å². The summed E-state index contributed by atoms with van der Waals surface area (Å²) in [5.74, 6) is 1.91. The van der Waals surface area contributed by atoms with E-state index < -0.39 is 8.32 Å². The Bertz CT molecular complexity index is 1100. The molecule has 1 aromatic carbocycles. The Balaban J connectivity index is 1.90. The Labute approximate surface area is 172 Å². The van der Waals surface area contributed by atoms with E-state index in [1.165, 1.54) is 10.5 Å². The fourth-order valence-corrected chi connectivity index (χ4v) is 5.92. The van der Waals surface area contributed by atoms with Gasteiger partial charge in [0.2, 0.25) is 8.32 Å². The van der Waals surface area contributed by atoms with Gasteiger partial charge in [-0.25, -0.2) is 0 Å². The van der Waals surface area contributed by atoms with Crippen LogP contribution in [0.15, 0.2) is 41.4 Å². The quantitative estimate of drug-likeness (QED) is 0.710. The molecule has 0 saturated heterocycles. The lowest BCUT2D eigenvalue weighted by molar-refractivity contribution is -0.112. The summed E-state index contributed by atoms with van der Waals surface area (Å²) in [7, 11) is -1.92. The molecule has 146 valence electrons.